The van der Waals surface area contributed by atoms with Crippen LogP contribution in [-0.2, 0) is 11.0 Å². The molecular weight excluding hydrogens is 333 g/mol. The maximum absolute atomic E-state index is 12.8. The van der Waals surface area contributed by atoms with Gasteiger partial charge in [0.1, 0.15) is 5.69 Å². The van der Waals surface area contributed by atoms with Gasteiger partial charge in [-0.05, 0) is 24.8 Å². The molecule has 2 saturated heterocycles. The summed E-state index contributed by atoms with van der Waals surface area (Å²) < 4.78 is 38.4. The Morgan fingerprint density at radius 2 is 1.96 bits per heavy atom. The highest BCUT2D eigenvalue weighted by atomic mass is 19.4. The monoisotopic (exact) mass is 356 g/mol. The number of hydrogen-bond acceptors (Lipinski definition) is 4. The van der Waals surface area contributed by atoms with Gasteiger partial charge in [0, 0.05) is 44.2 Å². The first kappa shape index (κ1) is 17.9. The summed E-state index contributed by atoms with van der Waals surface area (Å²) in [6.07, 6.45) is -1.24. The Labute approximate surface area is 145 Å². The minimum absolute atomic E-state index is 0.0515. The first-order chi connectivity index (χ1) is 11.7. The topological polar surface area (TPSA) is 49.3 Å². The Bertz CT molecular complexity index is 639. The van der Waals surface area contributed by atoms with E-state index in [1.807, 2.05) is 4.90 Å². The molecule has 2 fully saturated rings. The van der Waals surface area contributed by atoms with Crippen LogP contribution in [0.1, 0.15) is 38.8 Å². The van der Waals surface area contributed by atoms with Gasteiger partial charge in [-0.1, -0.05) is 13.8 Å². The van der Waals surface area contributed by atoms with E-state index >= 15 is 0 Å². The summed E-state index contributed by atoms with van der Waals surface area (Å²) in [5, 5.41) is 0. The van der Waals surface area contributed by atoms with Crippen LogP contribution in [0.5, 0.6) is 0 Å². The van der Waals surface area contributed by atoms with E-state index < -0.39 is 11.9 Å². The predicted molar refractivity (Wildman–Crippen MR) is 86.9 cm³/mol. The van der Waals surface area contributed by atoms with E-state index in [9.17, 15) is 18.0 Å². The molecule has 0 saturated carbocycles. The largest absolute Gasteiger partial charge is 0.433 e. The molecule has 0 atom stereocenters. The van der Waals surface area contributed by atoms with Gasteiger partial charge in [-0.15, -0.1) is 0 Å². The van der Waals surface area contributed by atoms with Crippen molar-refractivity contribution in [3.05, 3.63) is 18.0 Å². The zero-order chi connectivity index (χ0) is 18.2. The number of carbonyl (C=O) groups is 1. The van der Waals surface area contributed by atoms with Crippen LogP contribution in [0.3, 0.4) is 0 Å². The van der Waals surface area contributed by atoms with Crippen LogP contribution in [0.25, 0.3) is 0 Å². The number of rotatable bonds is 3. The number of piperidine rings is 1. The number of anilines is 1. The molecule has 2 aliphatic rings. The van der Waals surface area contributed by atoms with Crippen LogP contribution in [0.4, 0.5) is 19.1 Å². The lowest BCUT2D eigenvalue weighted by Crippen LogP contribution is -2.42. The van der Waals surface area contributed by atoms with E-state index in [2.05, 4.69) is 23.8 Å². The van der Waals surface area contributed by atoms with Crippen molar-refractivity contribution < 1.29 is 18.0 Å². The quantitative estimate of drug-likeness (QED) is 0.836. The second-order valence-electron chi connectivity index (χ2n) is 7.57. The van der Waals surface area contributed by atoms with E-state index in [0.717, 1.165) is 38.2 Å². The van der Waals surface area contributed by atoms with Gasteiger partial charge in [-0.3, -0.25) is 4.79 Å². The molecule has 0 aliphatic carbocycles. The van der Waals surface area contributed by atoms with Crippen molar-refractivity contribution in [2.75, 3.05) is 31.1 Å². The second-order valence-corrected chi connectivity index (χ2v) is 7.57. The lowest BCUT2D eigenvalue weighted by Gasteiger charge is -2.39. The van der Waals surface area contributed by atoms with E-state index in [4.69, 9.17) is 0 Å². The van der Waals surface area contributed by atoms with Crippen molar-refractivity contribution in [1.29, 1.82) is 0 Å². The maximum atomic E-state index is 12.8. The van der Waals surface area contributed by atoms with Crippen LogP contribution in [0.2, 0.25) is 0 Å². The zero-order valence-electron chi connectivity index (χ0n) is 14.5. The molecule has 0 radical (unpaired) electrons. The Morgan fingerprint density at radius 1 is 1.28 bits per heavy atom. The Morgan fingerprint density at radius 3 is 2.56 bits per heavy atom. The molecule has 1 spiro atoms. The molecule has 0 N–H and O–H groups in total. The van der Waals surface area contributed by atoms with Crippen LogP contribution in [-0.4, -0.2) is 47.0 Å². The summed E-state index contributed by atoms with van der Waals surface area (Å²) in [4.78, 5) is 23.6. The lowest BCUT2D eigenvalue weighted by molar-refractivity contribution is -0.141. The van der Waals surface area contributed by atoms with E-state index in [1.54, 1.807) is 4.90 Å². The zero-order valence-corrected chi connectivity index (χ0v) is 14.5. The molecule has 0 unspecified atom stereocenters. The minimum Gasteiger partial charge on any atom is -0.342 e. The Balaban J connectivity index is 1.66. The number of amides is 1. The van der Waals surface area contributed by atoms with E-state index in [0.29, 0.717) is 25.4 Å². The fraction of sp³-hybridized carbons (Fsp3) is 0.706. The van der Waals surface area contributed by atoms with Crippen molar-refractivity contribution in [1.82, 2.24) is 14.9 Å². The van der Waals surface area contributed by atoms with Crippen molar-refractivity contribution in [3.8, 4) is 0 Å². The highest BCUT2D eigenvalue weighted by Crippen LogP contribution is 2.41. The number of halogens is 3. The molecule has 1 amide bonds. The average Bonchev–Trinajstić information content (AvgIpc) is 2.82. The molecule has 3 rings (SSSR count). The molecule has 5 nitrogen and oxygen atoms in total. The molecule has 25 heavy (non-hydrogen) atoms. The molecule has 3 heterocycles. The van der Waals surface area contributed by atoms with Crippen LogP contribution in [0.15, 0.2) is 12.3 Å². The minimum atomic E-state index is -4.47. The van der Waals surface area contributed by atoms with Gasteiger partial charge in [0.2, 0.25) is 11.9 Å². The van der Waals surface area contributed by atoms with Crippen molar-refractivity contribution in [2.24, 2.45) is 11.3 Å². The van der Waals surface area contributed by atoms with Gasteiger partial charge in [-0.2, -0.15) is 13.2 Å². The van der Waals surface area contributed by atoms with Gasteiger partial charge in [0.05, 0.1) is 0 Å². The van der Waals surface area contributed by atoms with Crippen LogP contribution in [0, 0.1) is 11.3 Å². The average molecular weight is 356 g/mol. The molecule has 1 aromatic heterocycles. The summed E-state index contributed by atoms with van der Waals surface area (Å²) >= 11 is 0. The van der Waals surface area contributed by atoms with Crippen molar-refractivity contribution >= 4 is 11.9 Å². The summed E-state index contributed by atoms with van der Waals surface area (Å²) in [5.41, 5.74) is -0.971. The summed E-state index contributed by atoms with van der Waals surface area (Å²) in [7, 11) is 0. The molecular formula is C17H23F3N4O. The molecule has 8 heteroatoms. The first-order valence-corrected chi connectivity index (χ1v) is 8.61. The third-order valence-corrected chi connectivity index (χ3v) is 5.03. The molecule has 2 aliphatic heterocycles. The molecule has 0 aromatic carbocycles. The first-order valence-electron chi connectivity index (χ1n) is 8.61. The van der Waals surface area contributed by atoms with Crippen molar-refractivity contribution in [3.63, 3.8) is 0 Å². The summed E-state index contributed by atoms with van der Waals surface area (Å²) in [6.45, 7) is 6.84. The number of nitrogens with zero attached hydrogens (tertiary/aromatic N) is 4. The number of hydrogen-bond donors (Lipinski definition) is 0. The SMILES string of the molecule is CC(C)CN1CC2(CCN(c3nccc(C(F)(F)F)n3)CC2)CC1=O. The molecule has 138 valence electrons. The number of aromatic nitrogens is 2. The molecule has 1 aromatic rings. The van der Waals surface area contributed by atoms with Crippen LogP contribution >= 0.6 is 0 Å². The van der Waals surface area contributed by atoms with Gasteiger partial charge in [-0.25, -0.2) is 9.97 Å². The third kappa shape index (κ3) is 3.88. The fourth-order valence-electron chi connectivity index (χ4n) is 3.76. The van der Waals surface area contributed by atoms with Gasteiger partial charge >= 0.3 is 6.18 Å². The summed E-state index contributed by atoms with van der Waals surface area (Å²) in [6, 6.07) is 0.883. The normalized spacial score (nSPS) is 20.8. The van der Waals surface area contributed by atoms with Crippen molar-refractivity contribution in [2.45, 2.75) is 39.3 Å². The third-order valence-electron chi connectivity index (χ3n) is 5.03. The van der Waals surface area contributed by atoms with Gasteiger partial charge in [0.15, 0.2) is 0 Å². The maximum Gasteiger partial charge on any atom is 0.433 e. The van der Waals surface area contributed by atoms with Gasteiger partial charge in [0.25, 0.3) is 0 Å². The highest BCUT2D eigenvalue weighted by molar-refractivity contribution is 5.79. The van der Waals surface area contributed by atoms with Gasteiger partial charge < -0.3 is 9.80 Å². The Hall–Kier alpha value is -1.86. The number of carbonyl (C=O) groups excluding carboxylic acids is 1. The van der Waals surface area contributed by atoms with Crippen LogP contribution < -0.4 is 4.90 Å². The Kier molecular flexibility index (Phi) is 4.64. The highest BCUT2D eigenvalue weighted by Gasteiger charge is 2.45. The van der Waals surface area contributed by atoms with E-state index in [-0.39, 0.29) is 17.3 Å². The molecule has 0 bridgehead atoms. The lowest BCUT2D eigenvalue weighted by atomic mass is 9.77. The number of likely N-dealkylation sites (tertiary alicyclic amines) is 1. The standard InChI is InChI=1S/C17H23F3N4O/c1-12(2)10-24-11-16(9-14(24)25)4-7-23(8-5-16)15-21-6-3-13(22-15)17(18,19)20/h3,6,12H,4-5,7-11H2,1-2H3. The second kappa shape index (κ2) is 6.46. The summed E-state index contributed by atoms with van der Waals surface area (Å²) in [5.74, 6) is 0.739. The number of alkyl halides is 3. The predicted octanol–water partition coefficient (Wildman–Crippen LogP) is 2.97. The van der Waals surface area contributed by atoms with E-state index in [1.165, 1.54) is 0 Å². The smallest absolute Gasteiger partial charge is 0.342 e. The fourth-order valence-corrected chi connectivity index (χ4v) is 3.76.